The van der Waals surface area contributed by atoms with Crippen molar-refractivity contribution in [1.29, 1.82) is 0 Å². The summed E-state index contributed by atoms with van der Waals surface area (Å²) in [5, 5.41) is 15.7. The van der Waals surface area contributed by atoms with Crippen molar-refractivity contribution in [2.45, 2.75) is 26.7 Å². The number of amides is 1. The minimum absolute atomic E-state index is 0.0245. The van der Waals surface area contributed by atoms with E-state index in [4.69, 9.17) is 0 Å². The zero-order valence-corrected chi connectivity index (χ0v) is 15.2. The van der Waals surface area contributed by atoms with Crippen molar-refractivity contribution in [1.82, 2.24) is 25.2 Å². The van der Waals surface area contributed by atoms with Crippen LogP contribution in [0.5, 0.6) is 0 Å². The van der Waals surface area contributed by atoms with Crippen LogP contribution < -0.4 is 5.32 Å². The van der Waals surface area contributed by atoms with Crippen molar-refractivity contribution in [3.05, 3.63) is 65.6 Å². The van der Waals surface area contributed by atoms with Gasteiger partial charge in [0.25, 0.3) is 0 Å². The van der Waals surface area contributed by atoms with Crippen LogP contribution in [0, 0.1) is 13.8 Å². The lowest BCUT2D eigenvalue weighted by atomic mass is 10.1. The normalized spacial score (nSPS) is 11.0. The van der Waals surface area contributed by atoms with Crippen LogP contribution in [0.25, 0.3) is 16.6 Å². The van der Waals surface area contributed by atoms with E-state index in [0.717, 1.165) is 33.4 Å². The zero-order chi connectivity index (χ0) is 18.8. The highest BCUT2D eigenvalue weighted by Crippen LogP contribution is 2.21. The smallest absolute Gasteiger partial charge is 0.224 e. The van der Waals surface area contributed by atoms with Gasteiger partial charge in [-0.2, -0.15) is 4.68 Å². The molecule has 0 radical (unpaired) electrons. The second kappa shape index (κ2) is 7.03. The molecule has 0 aliphatic heterocycles. The average Bonchev–Trinajstić information content (AvgIpc) is 3.28. The second-order valence-corrected chi connectivity index (χ2v) is 6.55. The van der Waals surface area contributed by atoms with E-state index in [0.29, 0.717) is 18.7 Å². The molecule has 0 unspecified atom stereocenters. The first-order valence-electron chi connectivity index (χ1n) is 8.82. The lowest BCUT2D eigenvalue weighted by Crippen LogP contribution is -2.13. The van der Waals surface area contributed by atoms with Gasteiger partial charge in [-0.3, -0.25) is 4.79 Å². The Morgan fingerprint density at radius 3 is 2.85 bits per heavy atom. The summed E-state index contributed by atoms with van der Waals surface area (Å²) in [7, 11) is 0. The number of hydrogen-bond donors (Lipinski definition) is 2. The number of rotatable bonds is 5. The lowest BCUT2D eigenvalue weighted by molar-refractivity contribution is -0.116. The van der Waals surface area contributed by atoms with Crippen LogP contribution in [0.1, 0.15) is 23.4 Å². The van der Waals surface area contributed by atoms with Gasteiger partial charge in [0, 0.05) is 29.2 Å². The van der Waals surface area contributed by atoms with Crippen LogP contribution in [0.2, 0.25) is 0 Å². The minimum Gasteiger partial charge on any atom is -0.361 e. The van der Waals surface area contributed by atoms with Crippen molar-refractivity contribution >= 4 is 22.5 Å². The highest BCUT2D eigenvalue weighted by atomic mass is 16.1. The maximum Gasteiger partial charge on any atom is 0.224 e. The van der Waals surface area contributed by atoms with Crippen molar-refractivity contribution in [2.75, 3.05) is 5.32 Å². The summed E-state index contributed by atoms with van der Waals surface area (Å²) in [5.41, 5.74) is 4.85. The molecule has 1 amide bonds. The first kappa shape index (κ1) is 17.0. The van der Waals surface area contributed by atoms with Gasteiger partial charge < -0.3 is 10.3 Å². The third kappa shape index (κ3) is 3.44. The fourth-order valence-electron chi connectivity index (χ4n) is 3.18. The monoisotopic (exact) mass is 360 g/mol. The number of carbonyl (C=O) groups is 1. The number of tetrazole rings is 1. The van der Waals surface area contributed by atoms with Gasteiger partial charge in [0.15, 0.2) is 5.82 Å². The molecule has 0 spiro atoms. The molecule has 2 aromatic heterocycles. The Morgan fingerprint density at radius 1 is 1.19 bits per heavy atom. The number of nitrogens with one attached hydrogen (secondary N) is 2. The number of benzene rings is 2. The number of carbonyl (C=O) groups excluding carboxylic acids is 1. The van der Waals surface area contributed by atoms with E-state index < -0.39 is 0 Å². The minimum atomic E-state index is -0.0245. The van der Waals surface area contributed by atoms with Crippen LogP contribution in [0.15, 0.2) is 48.7 Å². The third-order valence-electron chi connectivity index (χ3n) is 4.64. The number of H-pyrrole nitrogens is 1. The number of nitrogens with zero attached hydrogens (tertiary/aromatic N) is 4. The van der Waals surface area contributed by atoms with Gasteiger partial charge in [0.2, 0.25) is 5.91 Å². The summed E-state index contributed by atoms with van der Waals surface area (Å²) in [5.74, 6) is 0.671. The van der Waals surface area contributed by atoms with Crippen LogP contribution in [-0.2, 0) is 11.2 Å². The molecule has 4 aromatic rings. The van der Waals surface area contributed by atoms with E-state index in [1.165, 1.54) is 0 Å². The van der Waals surface area contributed by atoms with E-state index in [1.807, 2.05) is 56.4 Å². The van der Waals surface area contributed by atoms with E-state index in [-0.39, 0.29) is 5.91 Å². The first-order valence-corrected chi connectivity index (χ1v) is 8.82. The molecule has 2 aromatic carbocycles. The summed E-state index contributed by atoms with van der Waals surface area (Å²) in [6.07, 6.45) is 3.07. The molecule has 4 rings (SSSR count). The van der Waals surface area contributed by atoms with Crippen molar-refractivity contribution in [2.24, 2.45) is 0 Å². The predicted octanol–water partition coefficient (Wildman–Crippen LogP) is 3.33. The van der Waals surface area contributed by atoms with Crippen LogP contribution >= 0.6 is 0 Å². The number of para-hydroxylation sites is 1. The summed E-state index contributed by atoms with van der Waals surface area (Å²) in [6.45, 7) is 3.82. The second-order valence-electron chi connectivity index (χ2n) is 6.55. The maximum atomic E-state index is 12.4. The molecule has 0 bridgehead atoms. The van der Waals surface area contributed by atoms with Gasteiger partial charge in [-0.1, -0.05) is 24.3 Å². The fourth-order valence-corrected chi connectivity index (χ4v) is 3.18. The van der Waals surface area contributed by atoms with Crippen molar-refractivity contribution in [3.63, 3.8) is 0 Å². The van der Waals surface area contributed by atoms with Gasteiger partial charge in [0.1, 0.15) is 0 Å². The summed E-state index contributed by atoms with van der Waals surface area (Å²) in [6, 6.07) is 13.8. The van der Waals surface area contributed by atoms with E-state index >= 15 is 0 Å². The molecule has 0 atom stereocenters. The Labute approximate surface area is 156 Å². The molecule has 2 heterocycles. The molecule has 0 aliphatic carbocycles. The zero-order valence-electron chi connectivity index (χ0n) is 15.2. The largest absolute Gasteiger partial charge is 0.361 e. The van der Waals surface area contributed by atoms with Crippen LogP contribution in [-0.4, -0.2) is 31.1 Å². The molecule has 27 heavy (non-hydrogen) atoms. The van der Waals surface area contributed by atoms with Gasteiger partial charge in [-0.25, -0.2) is 0 Å². The molecule has 0 aliphatic rings. The average molecular weight is 360 g/mol. The topological polar surface area (TPSA) is 88.5 Å². The number of hydrogen-bond acceptors (Lipinski definition) is 4. The van der Waals surface area contributed by atoms with Crippen molar-refractivity contribution in [3.8, 4) is 5.69 Å². The Bertz CT molecular complexity index is 1110. The Kier molecular flexibility index (Phi) is 4.42. The highest BCUT2D eigenvalue weighted by Gasteiger charge is 2.11. The predicted molar refractivity (Wildman–Crippen MR) is 104 cm³/mol. The SMILES string of the molecule is Cc1ccc(NC(=O)CCc2c[nH]c3ccccc23)cc1-n1nnnc1C. The molecule has 7 heteroatoms. The van der Waals surface area contributed by atoms with Gasteiger partial charge in [-0.15, -0.1) is 5.10 Å². The highest BCUT2D eigenvalue weighted by molar-refractivity contribution is 5.92. The first-order chi connectivity index (χ1) is 13.1. The van der Waals surface area contributed by atoms with E-state index in [9.17, 15) is 4.79 Å². The summed E-state index contributed by atoms with van der Waals surface area (Å²) >= 11 is 0. The number of aromatic amines is 1. The van der Waals surface area contributed by atoms with Gasteiger partial charge in [0.05, 0.1) is 5.69 Å². The molecule has 0 fully saturated rings. The number of aromatic nitrogens is 5. The van der Waals surface area contributed by atoms with Crippen molar-refractivity contribution < 1.29 is 4.79 Å². The Morgan fingerprint density at radius 2 is 2.04 bits per heavy atom. The summed E-state index contributed by atoms with van der Waals surface area (Å²) in [4.78, 5) is 15.7. The fraction of sp³-hybridized carbons (Fsp3) is 0.200. The quantitative estimate of drug-likeness (QED) is 0.571. The maximum absolute atomic E-state index is 12.4. The van der Waals surface area contributed by atoms with Crippen LogP contribution in [0.4, 0.5) is 5.69 Å². The van der Waals surface area contributed by atoms with Gasteiger partial charge >= 0.3 is 0 Å². The number of fused-ring (bicyclic) bond motifs is 1. The molecule has 0 saturated heterocycles. The van der Waals surface area contributed by atoms with Gasteiger partial charge in [-0.05, 0) is 60.0 Å². The molecule has 7 nitrogen and oxygen atoms in total. The summed E-state index contributed by atoms with van der Waals surface area (Å²) < 4.78 is 1.66. The molecular weight excluding hydrogens is 340 g/mol. The standard InChI is InChI=1S/C20H20N6O/c1-13-7-9-16(11-19(13)26-14(2)23-24-25-26)22-20(27)10-8-15-12-21-18-6-4-3-5-17(15)18/h3-7,9,11-12,21H,8,10H2,1-2H3,(H,22,27). The third-order valence-corrected chi connectivity index (χ3v) is 4.64. The van der Waals surface area contributed by atoms with E-state index in [1.54, 1.807) is 4.68 Å². The van der Waals surface area contributed by atoms with E-state index in [2.05, 4.69) is 31.9 Å². The molecule has 136 valence electrons. The molecular formula is C20H20N6O. The molecule has 2 N–H and O–H groups in total. The lowest BCUT2D eigenvalue weighted by Gasteiger charge is -2.10. The number of anilines is 1. The Balaban J connectivity index is 1.46. The number of aryl methyl sites for hydroxylation is 3. The Hall–Kier alpha value is -3.48. The van der Waals surface area contributed by atoms with Crippen LogP contribution in [0.3, 0.4) is 0 Å². The molecule has 0 saturated carbocycles.